The van der Waals surface area contributed by atoms with E-state index in [0.717, 1.165) is 16.7 Å². The average molecular weight is 223 g/mol. The molecule has 17 heavy (non-hydrogen) atoms. The normalized spacial score (nSPS) is 11.8. The monoisotopic (exact) mass is 223 g/mol. The van der Waals surface area contributed by atoms with Gasteiger partial charge in [-0.1, -0.05) is 54.6 Å². The largest absolute Gasteiger partial charge is 0.387 e. The van der Waals surface area contributed by atoms with Crippen molar-refractivity contribution >= 4 is 0 Å². The van der Waals surface area contributed by atoms with Crippen molar-refractivity contribution in [1.29, 1.82) is 5.26 Å². The summed E-state index contributed by atoms with van der Waals surface area (Å²) < 4.78 is 0. The van der Waals surface area contributed by atoms with Gasteiger partial charge in [-0.05, 0) is 16.7 Å². The first-order valence-corrected chi connectivity index (χ1v) is 5.52. The molecule has 0 fully saturated rings. The first kappa shape index (κ1) is 11.4. The highest BCUT2D eigenvalue weighted by atomic mass is 16.3. The highest BCUT2D eigenvalue weighted by Crippen LogP contribution is 2.29. The van der Waals surface area contributed by atoms with Gasteiger partial charge in [0.2, 0.25) is 0 Å². The number of hydrogen-bond acceptors (Lipinski definition) is 2. The Balaban J connectivity index is 2.45. The molecule has 0 spiro atoms. The second kappa shape index (κ2) is 5.29. The van der Waals surface area contributed by atoms with Crippen LogP contribution in [0.1, 0.15) is 18.1 Å². The maximum Gasteiger partial charge on any atom is 0.0925 e. The third kappa shape index (κ3) is 2.52. The van der Waals surface area contributed by atoms with Gasteiger partial charge in [-0.15, -0.1) is 0 Å². The molecule has 2 aromatic rings. The molecule has 0 bridgehead atoms. The Labute approximate surface area is 101 Å². The zero-order chi connectivity index (χ0) is 12.1. The number of hydrogen-bond donors (Lipinski definition) is 1. The van der Waals surface area contributed by atoms with Crippen molar-refractivity contribution in [3.63, 3.8) is 0 Å². The Morgan fingerprint density at radius 3 is 2.35 bits per heavy atom. The average Bonchev–Trinajstić information content (AvgIpc) is 2.40. The summed E-state index contributed by atoms with van der Waals surface area (Å²) in [4.78, 5) is 0. The van der Waals surface area contributed by atoms with Gasteiger partial charge in [0.1, 0.15) is 0 Å². The van der Waals surface area contributed by atoms with Gasteiger partial charge in [0.15, 0.2) is 0 Å². The van der Waals surface area contributed by atoms with Gasteiger partial charge in [0.05, 0.1) is 18.6 Å². The summed E-state index contributed by atoms with van der Waals surface area (Å²) in [5.41, 5.74) is 2.84. The van der Waals surface area contributed by atoms with Gasteiger partial charge in [-0.2, -0.15) is 5.26 Å². The van der Waals surface area contributed by atoms with Gasteiger partial charge in [0.25, 0.3) is 0 Å². The van der Waals surface area contributed by atoms with Crippen molar-refractivity contribution in [2.75, 3.05) is 0 Å². The van der Waals surface area contributed by atoms with Crippen LogP contribution in [-0.2, 0) is 0 Å². The molecule has 2 aromatic carbocycles. The molecule has 0 aromatic heterocycles. The fraction of sp³-hybridized carbons (Fsp3) is 0.133. The number of benzene rings is 2. The molecular weight excluding hydrogens is 210 g/mol. The van der Waals surface area contributed by atoms with Crippen LogP contribution in [0.3, 0.4) is 0 Å². The van der Waals surface area contributed by atoms with Crippen molar-refractivity contribution in [3.05, 3.63) is 60.2 Å². The molecule has 1 unspecified atom stereocenters. The van der Waals surface area contributed by atoms with Crippen LogP contribution in [0, 0.1) is 11.3 Å². The van der Waals surface area contributed by atoms with Crippen molar-refractivity contribution in [3.8, 4) is 17.2 Å². The van der Waals surface area contributed by atoms with Crippen LogP contribution in [-0.4, -0.2) is 5.11 Å². The van der Waals surface area contributed by atoms with E-state index in [1.807, 2.05) is 60.7 Å². The zero-order valence-electron chi connectivity index (χ0n) is 9.38. The number of rotatable bonds is 3. The molecular formula is C15H13NO. The molecule has 2 rings (SSSR count). The first-order valence-electron chi connectivity index (χ1n) is 5.52. The standard InChI is InChI=1S/C15H13NO/c16-11-10-15(17)14-9-5-4-8-13(14)12-6-2-1-3-7-12/h1-9,15,17H,10H2. The molecule has 0 saturated heterocycles. The van der Waals surface area contributed by atoms with E-state index >= 15 is 0 Å². The van der Waals surface area contributed by atoms with Crippen LogP contribution in [0.25, 0.3) is 11.1 Å². The lowest BCUT2D eigenvalue weighted by atomic mass is 9.95. The van der Waals surface area contributed by atoms with E-state index in [1.54, 1.807) is 0 Å². The Morgan fingerprint density at radius 1 is 1.00 bits per heavy atom. The second-order valence-corrected chi connectivity index (χ2v) is 3.83. The van der Waals surface area contributed by atoms with Gasteiger partial charge in [0, 0.05) is 0 Å². The number of aliphatic hydroxyl groups is 1. The molecule has 1 N–H and O–H groups in total. The third-order valence-corrected chi connectivity index (χ3v) is 2.69. The lowest BCUT2D eigenvalue weighted by Crippen LogP contribution is -1.98. The molecule has 84 valence electrons. The summed E-state index contributed by atoms with van der Waals surface area (Å²) in [6, 6.07) is 19.5. The van der Waals surface area contributed by atoms with E-state index in [-0.39, 0.29) is 6.42 Å². The SMILES string of the molecule is N#CCC(O)c1ccccc1-c1ccccc1. The van der Waals surface area contributed by atoms with Crippen molar-refractivity contribution < 1.29 is 5.11 Å². The minimum Gasteiger partial charge on any atom is -0.387 e. The van der Waals surface area contributed by atoms with Gasteiger partial charge >= 0.3 is 0 Å². The van der Waals surface area contributed by atoms with E-state index in [9.17, 15) is 5.11 Å². The molecule has 0 aliphatic rings. The lowest BCUT2D eigenvalue weighted by molar-refractivity contribution is 0.184. The summed E-state index contributed by atoms with van der Waals surface area (Å²) >= 11 is 0. The lowest BCUT2D eigenvalue weighted by Gasteiger charge is -2.13. The molecule has 0 aliphatic carbocycles. The molecule has 0 aliphatic heterocycles. The van der Waals surface area contributed by atoms with Crippen LogP contribution >= 0.6 is 0 Å². The molecule has 2 nitrogen and oxygen atoms in total. The molecule has 2 heteroatoms. The van der Waals surface area contributed by atoms with Crippen LogP contribution in [0.2, 0.25) is 0 Å². The summed E-state index contributed by atoms with van der Waals surface area (Å²) in [5.74, 6) is 0. The summed E-state index contributed by atoms with van der Waals surface area (Å²) in [6.07, 6.45) is -0.611. The highest BCUT2D eigenvalue weighted by Gasteiger charge is 2.12. The van der Waals surface area contributed by atoms with Gasteiger partial charge in [-0.25, -0.2) is 0 Å². The number of nitrogens with zero attached hydrogens (tertiary/aromatic N) is 1. The second-order valence-electron chi connectivity index (χ2n) is 3.83. The minimum absolute atomic E-state index is 0.115. The predicted molar refractivity (Wildman–Crippen MR) is 67.1 cm³/mol. The first-order chi connectivity index (χ1) is 8.33. The van der Waals surface area contributed by atoms with Crippen LogP contribution < -0.4 is 0 Å². The highest BCUT2D eigenvalue weighted by molar-refractivity contribution is 5.67. The molecule has 1 atom stereocenters. The van der Waals surface area contributed by atoms with Gasteiger partial charge in [-0.3, -0.25) is 0 Å². The Hall–Kier alpha value is -2.11. The van der Waals surface area contributed by atoms with Crippen molar-refractivity contribution in [2.24, 2.45) is 0 Å². The Morgan fingerprint density at radius 2 is 1.65 bits per heavy atom. The topological polar surface area (TPSA) is 44.0 Å². The molecule has 0 heterocycles. The van der Waals surface area contributed by atoms with Crippen molar-refractivity contribution in [2.45, 2.75) is 12.5 Å². The van der Waals surface area contributed by atoms with Crippen LogP contribution in [0.4, 0.5) is 0 Å². The van der Waals surface area contributed by atoms with E-state index in [1.165, 1.54) is 0 Å². The number of nitriles is 1. The fourth-order valence-corrected chi connectivity index (χ4v) is 1.86. The van der Waals surface area contributed by atoms with Crippen LogP contribution in [0.15, 0.2) is 54.6 Å². The molecule has 0 saturated carbocycles. The van der Waals surface area contributed by atoms with Gasteiger partial charge < -0.3 is 5.11 Å². The predicted octanol–water partition coefficient (Wildman–Crippen LogP) is 3.30. The number of aliphatic hydroxyl groups excluding tert-OH is 1. The summed E-state index contributed by atoms with van der Waals surface area (Å²) in [6.45, 7) is 0. The maximum atomic E-state index is 9.94. The summed E-state index contributed by atoms with van der Waals surface area (Å²) in [5, 5.41) is 18.6. The minimum atomic E-state index is -0.726. The Bertz CT molecular complexity index is 528. The summed E-state index contributed by atoms with van der Waals surface area (Å²) in [7, 11) is 0. The molecule has 0 amide bonds. The quantitative estimate of drug-likeness (QED) is 0.867. The van der Waals surface area contributed by atoms with Crippen LogP contribution in [0.5, 0.6) is 0 Å². The molecule has 0 radical (unpaired) electrons. The fourth-order valence-electron chi connectivity index (χ4n) is 1.86. The van der Waals surface area contributed by atoms with E-state index in [4.69, 9.17) is 5.26 Å². The smallest absolute Gasteiger partial charge is 0.0925 e. The van der Waals surface area contributed by atoms with E-state index in [0.29, 0.717) is 0 Å². The maximum absolute atomic E-state index is 9.94. The van der Waals surface area contributed by atoms with E-state index in [2.05, 4.69) is 0 Å². The third-order valence-electron chi connectivity index (χ3n) is 2.69. The van der Waals surface area contributed by atoms with E-state index < -0.39 is 6.10 Å². The van der Waals surface area contributed by atoms with Crippen molar-refractivity contribution in [1.82, 2.24) is 0 Å². The Kier molecular flexibility index (Phi) is 3.54. The zero-order valence-corrected chi connectivity index (χ0v) is 9.38.